The van der Waals surface area contributed by atoms with Crippen LogP contribution >= 0.6 is 0 Å². The van der Waals surface area contributed by atoms with Crippen LogP contribution in [0.1, 0.15) is 72.1 Å². The van der Waals surface area contributed by atoms with Gasteiger partial charge >= 0.3 is 0 Å². The van der Waals surface area contributed by atoms with Crippen molar-refractivity contribution in [1.82, 2.24) is 4.90 Å². The van der Waals surface area contributed by atoms with E-state index in [0.717, 1.165) is 61.9 Å². The number of hydrogen-bond acceptors (Lipinski definition) is 4. The largest absolute Gasteiger partial charge is 0.492 e. The Morgan fingerprint density at radius 1 is 1.03 bits per heavy atom. The molecule has 2 atom stereocenters. The van der Waals surface area contributed by atoms with Gasteiger partial charge in [-0.25, -0.2) is 0 Å². The number of hydrogen-bond donors (Lipinski definition) is 1. The molecule has 0 radical (unpaired) electrons. The molecule has 2 fully saturated rings. The van der Waals surface area contributed by atoms with Crippen LogP contribution in [0.5, 0.6) is 5.75 Å². The van der Waals surface area contributed by atoms with Crippen molar-refractivity contribution in [3.63, 3.8) is 0 Å². The molecule has 1 N–H and O–H groups in total. The first-order valence-electron chi connectivity index (χ1n) is 12.4. The van der Waals surface area contributed by atoms with Crippen LogP contribution in [0.15, 0.2) is 24.3 Å². The lowest BCUT2D eigenvalue weighted by molar-refractivity contribution is -0.143. The Kier molecular flexibility index (Phi) is 9.21. The van der Waals surface area contributed by atoms with Gasteiger partial charge in [0.05, 0.1) is 0 Å². The number of likely N-dealkylation sites (tertiary alicyclic amines) is 1. The number of amides is 1. The second-order valence-corrected chi connectivity index (χ2v) is 9.79. The molecule has 0 aromatic heterocycles. The molecule has 1 amide bonds. The van der Waals surface area contributed by atoms with Gasteiger partial charge in [0.1, 0.15) is 18.0 Å². The van der Waals surface area contributed by atoms with Crippen molar-refractivity contribution in [3.05, 3.63) is 24.3 Å². The smallest absolute Gasteiger partial charge is 0.256 e. The fraction of sp³-hybridized carbons (Fsp3) is 0.731. The number of anilines is 1. The van der Waals surface area contributed by atoms with Crippen LogP contribution in [0, 0.1) is 11.8 Å². The molecule has 1 aliphatic heterocycles. The second kappa shape index (κ2) is 11.9. The van der Waals surface area contributed by atoms with Crippen LogP contribution in [0.4, 0.5) is 5.69 Å². The van der Waals surface area contributed by atoms with E-state index in [0.29, 0.717) is 13.2 Å². The molecule has 3 rings (SSSR count). The number of nitrogens with zero attached hydrogens (tertiary/aromatic N) is 1. The van der Waals surface area contributed by atoms with E-state index in [1.807, 2.05) is 24.3 Å². The van der Waals surface area contributed by atoms with Gasteiger partial charge in [-0.05, 0) is 61.8 Å². The first-order chi connectivity index (χ1) is 15.0. The Balaban J connectivity index is 1.50. The molecule has 1 saturated heterocycles. The molecule has 174 valence electrons. The third kappa shape index (κ3) is 7.21. The summed E-state index contributed by atoms with van der Waals surface area (Å²) in [6, 6.07) is 7.76. The lowest BCUT2D eigenvalue weighted by Crippen LogP contribution is -2.45. The van der Waals surface area contributed by atoms with Crippen molar-refractivity contribution in [2.45, 2.75) is 77.7 Å². The van der Waals surface area contributed by atoms with Gasteiger partial charge in [-0.15, -0.1) is 0 Å². The lowest BCUT2D eigenvalue weighted by atomic mass is 9.92. The van der Waals surface area contributed by atoms with Crippen LogP contribution < -0.4 is 10.1 Å². The average Bonchev–Trinajstić information content (AvgIpc) is 2.99. The number of carbonyl (C=O) groups excluding carboxylic acids is 1. The van der Waals surface area contributed by atoms with Gasteiger partial charge in [0.2, 0.25) is 0 Å². The molecular formula is C26H42N2O3. The summed E-state index contributed by atoms with van der Waals surface area (Å²) in [5, 5.41) is 3.11. The maximum Gasteiger partial charge on any atom is 0.256 e. The molecule has 1 aromatic carbocycles. The first kappa shape index (κ1) is 24.1. The Bertz CT molecular complexity index is 658. The van der Waals surface area contributed by atoms with E-state index in [4.69, 9.17) is 9.47 Å². The van der Waals surface area contributed by atoms with Crippen LogP contribution in [-0.4, -0.2) is 49.3 Å². The zero-order valence-corrected chi connectivity index (χ0v) is 19.8. The molecule has 1 aromatic rings. The zero-order valence-electron chi connectivity index (χ0n) is 19.8. The van der Waals surface area contributed by atoms with E-state index in [9.17, 15) is 4.79 Å². The van der Waals surface area contributed by atoms with E-state index in [1.54, 1.807) is 0 Å². The number of benzene rings is 1. The summed E-state index contributed by atoms with van der Waals surface area (Å²) >= 11 is 0. The van der Waals surface area contributed by atoms with Crippen LogP contribution in [0.2, 0.25) is 0 Å². The average molecular weight is 431 g/mol. The minimum atomic E-state index is -0.676. The number of rotatable bonds is 9. The van der Waals surface area contributed by atoms with Gasteiger partial charge in [-0.1, -0.05) is 46.5 Å². The third-order valence-electron chi connectivity index (χ3n) is 6.64. The van der Waals surface area contributed by atoms with Gasteiger partial charge in [-0.3, -0.25) is 9.69 Å². The van der Waals surface area contributed by atoms with Gasteiger partial charge in [0.25, 0.3) is 5.91 Å². The minimum Gasteiger partial charge on any atom is -0.492 e. The topological polar surface area (TPSA) is 50.8 Å². The molecule has 2 aliphatic rings. The highest BCUT2D eigenvalue weighted by molar-refractivity contribution is 5.97. The van der Waals surface area contributed by atoms with E-state index in [1.165, 1.54) is 32.4 Å². The zero-order chi connectivity index (χ0) is 22.1. The normalized spacial score (nSPS) is 24.4. The third-order valence-corrected chi connectivity index (χ3v) is 6.64. The Labute approximate surface area is 188 Å². The molecule has 1 aliphatic carbocycles. The summed E-state index contributed by atoms with van der Waals surface area (Å²) in [6.07, 6.45) is 8.36. The van der Waals surface area contributed by atoms with Gasteiger partial charge < -0.3 is 14.8 Å². The number of ether oxygens (including phenoxy) is 2. The molecule has 5 heteroatoms. The SMILES string of the molecule is CCCOC1(C(=O)Nc2ccc(OCCN3C[C@H](C)C[C@H](C)C3)cc2)CCCCCC1. The molecule has 31 heavy (non-hydrogen) atoms. The number of nitrogens with one attached hydrogen (secondary N) is 1. The monoisotopic (exact) mass is 430 g/mol. The first-order valence-corrected chi connectivity index (χ1v) is 12.4. The van der Waals surface area contributed by atoms with Crippen molar-refractivity contribution in [2.24, 2.45) is 11.8 Å². The number of carbonyl (C=O) groups is 1. The van der Waals surface area contributed by atoms with Crippen LogP contribution in [0.25, 0.3) is 0 Å². The summed E-state index contributed by atoms with van der Waals surface area (Å²) in [4.78, 5) is 15.7. The van der Waals surface area contributed by atoms with E-state index >= 15 is 0 Å². The highest BCUT2D eigenvalue weighted by Gasteiger charge is 2.39. The Morgan fingerprint density at radius 3 is 2.29 bits per heavy atom. The molecule has 1 heterocycles. The predicted octanol–water partition coefficient (Wildman–Crippen LogP) is 5.50. The van der Waals surface area contributed by atoms with Crippen LogP contribution in [0.3, 0.4) is 0 Å². The van der Waals surface area contributed by atoms with Crippen molar-refractivity contribution in [2.75, 3.05) is 38.2 Å². The summed E-state index contributed by atoms with van der Waals surface area (Å²) in [7, 11) is 0. The predicted molar refractivity (Wildman–Crippen MR) is 127 cm³/mol. The maximum atomic E-state index is 13.2. The second-order valence-electron chi connectivity index (χ2n) is 9.79. The summed E-state index contributed by atoms with van der Waals surface area (Å²) < 4.78 is 12.1. The maximum absolute atomic E-state index is 13.2. The standard InChI is InChI=1S/C26H42N2O3/c1-4-16-31-26(13-7-5-6-8-14-26)25(29)27-23-9-11-24(12-10-23)30-17-15-28-19-21(2)18-22(3)20-28/h9-12,21-22H,4-8,13-20H2,1-3H3,(H,27,29)/t21-,22+. The molecule has 0 spiro atoms. The van der Waals surface area contributed by atoms with Gasteiger partial charge in [-0.2, -0.15) is 0 Å². The van der Waals surface area contributed by atoms with Gasteiger partial charge in [0.15, 0.2) is 0 Å². The minimum absolute atomic E-state index is 0.00450. The molecule has 1 saturated carbocycles. The van der Waals surface area contributed by atoms with Gasteiger partial charge in [0, 0.05) is 31.9 Å². The molecular weight excluding hydrogens is 388 g/mol. The summed E-state index contributed by atoms with van der Waals surface area (Å²) in [6.45, 7) is 11.4. The molecule has 0 bridgehead atoms. The summed E-state index contributed by atoms with van der Waals surface area (Å²) in [5.41, 5.74) is 0.129. The van der Waals surface area contributed by atoms with Crippen molar-refractivity contribution in [3.8, 4) is 5.75 Å². The van der Waals surface area contributed by atoms with Crippen LogP contribution in [-0.2, 0) is 9.53 Å². The molecule has 5 nitrogen and oxygen atoms in total. The number of piperidine rings is 1. The highest BCUT2D eigenvalue weighted by atomic mass is 16.5. The fourth-order valence-electron chi connectivity index (χ4n) is 5.18. The van der Waals surface area contributed by atoms with Crippen molar-refractivity contribution in [1.29, 1.82) is 0 Å². The Hall–Kier alpha value is -1.59. The fourth-order valence-corrected chi connectivity index (χ4v) is 5.18. The highest BCUT2D eigenvalue weighted by Crippen LogP contribution is 2.32. The van der Waals surface area contributed by atoms with E-state index < -0.39 is 5.60 Å². The van der Waals surface area contributed by atoms with Crippen molar-refractivity contribution >= 4 is 11.6 Å². The van der Waals surface area contributed by atoms with Crippen molar-refractivity contribution < 1.29 is 14.3 Å². The summed E-state index contributed by atoms with van der Waals surface area (Å²) in [5.74, 6) is 2.39. The Morgan fingerprint density at radius 2 is 1.68 bits per heavy atom. The van der Waals surface area contributed by atoms with E-state index in [-0.39, 0.29) is 5.91 Å². The quantitative estimate of drug-likeness (QED) is 0.526. The lowest BCUT2D eigenvalue weighted by Gasteiger charge is -2.34. The molecule has 0 unspecified atom stereocenters. The van der Waals surface area contributed by atoms with E-state index in [2.05, 4.69) is 31.0 Å².